The molecule has 0 spiro atoms. The number of carbonyl (C=O) groups excluding carboxylic acids is 1. The molecule has 1 atom stereocenters. The van der Waals surface area contributed by atoms with Crippen LogP contribution in [0.15, 0.2) is 24.3 Å². The van der Waals surface area contributed by atoms with Crippen molar-refractivity contribution in [2.45, 2.75) is 26.2 Å². The van der Waals surface area contributed by atoms with Crippen LogP contribution in [0.25, 0.3) is 0 Å². The van der Waals surface area contributed by atoms with E-state index in [0.717, 1.165) is 12.5 Å². The summed E-state index contributed by atoms with van der Waals surface area (Å²) in [5, 5.41) is 21.3. The Morgan fingerprint density at radius 3 is 2.43 bits per heavy atom. The van der Waals surface area contributed by atoms with E-state index in [0.29, 0.717) is 6.42 Å². The van der Waals surface area contributed by atoms with Gasteiger partial charge in [0.2, 0.25) is 11.5 Å². The number of Topliss-reactive ketones (excluding diaryl/α,β-unsaturated/α-hetero) is 1. The molecule has 2 aromatic carbocycles. The third-order valence-electron chi connectivity index (χ3n) is 4.28. The van der Waals surface area contributed by atoms with Crippen LogP contribution in [0.5, 0.6) is 17.2 Å². The summed E-state index contributed by atoms with van der Waals surface area (Å²) < 4.78 is 23.6. The van der Waals surface area contributed by atoms with E-state index in [2.05, 4.69) is 0 Å². The number of aromatic hydroxyl groups is 1. The number of halogens is 2. The number of nitro benzene ring substituents is 1. The summed E-state index contributed by atoms with van der Waals surface area (Å²) in [6.07, 6.45) is 0.458. The average Bonchev–Trinajstić information content (AvgIpc) is 2.62. The first-order chi connectivity index (χ1) is 13.2. The summed E-state index contributed by atoms with van der Waals surface area (Å²) in [6.45, 7) is 3.08. The maximum absolute atomic E-state index is 13.0. The van der Waals surface area contributed by atoms with Crippen molar-refractivity contribution in [1.29, 1.82) is 0 Å². The molecule has 150 valence electrons. The van der Waals surface area contributed by atoms with E-state index in [9.17, 15) is 24.4 Å². The average molecular weight is 412 g/mol. The molecule has 0 aliphatic rings. The van der Waals surface area contributed by atoms with E-state index in [1.165, 1.54) is 19.2 Å². The van der Waals surface area contributed by atoms with Gasteiger partial charge >= 0.3 is 5.69 Å². The van der Waals surface area contributed by atoms with Gasteiger partial charge in [-0.3, -0.25) is 14.9 Å². The van der Waals surface area contributed by atoms with Gasteiger partial charge in [0.05, 0.1) is 24.2 Å². The first-order valence-electron chi connectivity index (χ1n) is 8.35. The number of benzene rings is 2. The largest absolute Gasteiger partial charge is 0.504 e. The Morgan fingerprint density at radius 1 is 1.32 bits per heavy atom. The second-order valence-corrected chi connectivity index (χ2v) is 6.53. The Kier molecular flexibility index (Phi) is 6.80. The summed E-state index contributed by atoms with van der Waals surface area (Å²) in [7, 11) is 1.17. The Balaban J connectivity index is 2.32. The topological polar surface area (TPSA) is 98.9 Å². The highest BCUT2D eigenvalue weighted by molar-refractivity contribution is 6.37. The van der Waals surface area contributed by atoms with Crippen molar-refractivity contribution in [3.05, 3.63) is 56.3 Å². The summed E-state index contributed by atoms with van der Waals surface area (Å²) in [5.41, 5.74) is -0.183. The van der Waals surface area contributed by atoms with Crippen LogP contribution in [0.2, 0.25) is 5.02 Å². The van der Waals surface area contributed by atoms with E-state index in [1.54, 1.807) is 12.1 Å². The van der Waals surface area contributed by atoms with E-state index in [-0.39, 0.29) is 29.8 Å². The Morgan fingerprint density at radius 2 is 1.93 bits per heavy atom. The monoisotopic (exact) mass is 411 g/mol. The standard InChI is InChI=1S/C19H19ClFNO6/c1-10(12-4-6-13(21)7-5-12)8-9-28-19-17(24)14(11(2)23)15(20)16(22(25)26)18(19)27-3/h4-7,10,24H,8-9H2,1-3H3. The van der Waals surface area contributed by atoms with Crippen molar-refractivity contribution in [2.24, 2.45) is 0 Å². The zero-order valence-electron chi connectivity index (χ0n) is 15.5. The number of phenols is 1. The van der Waals surface area contributed by atoms with Gasteiger partial charge in [-0.05, 0) is 37.0 Å². The van der Waals surface area contributed by atoms with Gasteiger partial charge in [0.15, 0.2) is 11.5 Å². The maximum Gasteiger partial charge on any atom is 0.334 e. The molecule has 9 heteroatoms. The molecule has 0 fully saturated rings. The predicted molar refractivity (Wildman–Crippen MR) is 101 cm³/mol. The molecule has 0 aliphatic heterocycles. The summed E-state index contributed by atoms with van der Waals surface area (Å²) >= 11 is 5.95. The first kappa shape index (κ1) is 21.4. The molecule has 0 aromatic heterocycles. The summed E-state index contributed by atoms with van der Waals surface area (Å²) in [6, 6.07) is 6.00. The maximum atomic E-state index is 13.0. The van der Waals surface area contributed by atoms with Gasteiger partial charge in [-0.1, -0.05) is 30.7 Å². The van der Waals surface area contributed by atoms with E-state index in [4.69, 9.17) is 21.1 Å². The van der Waals surface area contributed by atoms with Gasteiger partial charge in [-0.25, -0.2) is 4.39 Å². The number of nitrogens with zero attached hydrogens (tertiary/aromatic N) is 1. The first-order valence-corrected chi connectivity index (χ1v) is 8.72. The van der Waals surface area contributed by atoms with Crippen molar-refractivity contribution < 1.29 is 28.7 Å². The molecule has 0 amide bonds. The van der Waals surface area contributed by atoms with Crippen LogP contribution in [0.3, 0.4) is 0 Å². The van der Waals surface area contributed by atoms with Crippen LogP contribution >= 0.6 is 11.6 Å². The third-order valence-corrected chi connectivity index (χ3v) is 4.64. The minimum Gasteiger partial charge on any atom is -0.504 e. The lowest BCUT2D eigenvalue weighted by molar-refractivity contribution is -0.385. The van der Waals surface area contributed by atoms with Crippen LogP contribution in [0.4, 0.5) is 10.1 Å². The Bertz CT molecular complexity index is 901. The fourth-order valence-corrected chi connectivity index (χ4v) is 3.13. The normalized spacial score (nSPS) is 11.8. The molecular formula is C19H19ClFNO6. The van der Waals surface area contributed by atoms with Gasteiger partial charge in [-0.15, -0.1) is 0 Å². The molecule has 0 bridgehead atoms. The molecule has 2 rings (SSSR count). The van der Waals surface area contributed by atoms with E-state index in [1.807, 2.05) is 6.92 Å². The number of carbonyl (C=O) groups is 1. The molecule has 0 saturated heterocycles. The molecule has 0 aliphatic carbocycles. The number of ketones is 1. The molecule has 0 radical (unpaired) electrons. The summed E-state index contributed by atoms with van der Waals surface area (Å²) in [5.74, 6) is -2.32. The lowest BCUT2D eigenvalue weighted by Crippen LogP contribution is -2.08. The van der Waals surface area contributed by atoms with Crippen LogP contribution in [0.1, 0.15) is 42.1 Å². The fraction of sp³-hybridized carbons (Fsp3) is 0.316. The Labute approximate surface area is 165 Å². The van der Waals surface area contributed by atoms with Gasteiger partial charge in [0, 0.05) is 0 Å². The van der Waals surface area contributed by atoms with Crippen LogP contribution in [-0.4, -0.2) is 29.5 Å². The highest BCUT2D eigenvalue weighted by atomic mass is 35.5. The highest BCUT2D eigenvalue weighted by Gasteiger charge is 2.34. The number of phenolic OH excluding ortho intramolecular Hbond substituents is 1. The quantitative estimate of drug-likeness (QED) is 0.377. The van der Waals surface area contributed by atoms with Crippen LogP contribution in [0, 0.1) is 15.9 Å². The van der Waals surface area contributed by atoms with Gasteiger partial charge in [-0.2, -0.15) is 0 Å². The second kappa shape index (κ2) is 8.88. The second-order valence-electron chi connectivity index (χ2n) is 6.15. The molecule has 28 heavy (non-hydrogen) atoms. The highest BCUT2D eigenvalue weighted by Crippen LogP contribution is 2.51. The number of methoxy groups -OCH3 is 1. The third kappa shape index (κ3) is 4.33. The van der Waals surface area contributed by atoms with Crippen LogP contribution in [-0.2, 0) is 0 Å². The van der Waals surface area contributed by atoms with Gasteiger partial charge < -0.3 is 14.6 Å². The molecule has 0 saturated carbocycles. The lowest BCUT2D eigenvalue weighted by Gasteiger charge is -2.17. The zero-order valence-corrected chi connectivity index (χ0v) is 16.2. The number of hydrogen-bond donors (Lipinski definition) is 1. The van der Waals surface area contributed by atoms with Gasteiger partial charge in [0.25, 0.3) is 0 Å². The SMILES string of the molecule is COc1c(OCCC(C)c2ccc(F)cc2)c(O)c(C(C)=O)c(Cl)c1[N+](=O)[O-]. The molecular weight excluding hydrogens is 393 g/mol. The van der Waals surface area contributed by atoms with Crippen molar-refractivity contribution in [3.63, 3.8) is 0 Å². The lowest BCUT2D eigenvalue weighted by atomic mass is 9.98. The molecule has 1 unspecified atom stereocenters. The number of ether oxygens (including phenoxy) is 2. The molecule has 7 nitrogen and oxygen atoms in total. The predicted octanol–water partition coefficient (Wildman–Crippen LogP) is 4.88. The van der Waals surface area contributed by atoms with Gasteiger partial charge in [0.1, 0.15) is 10.8 Å². The fourth-order valence-electron chi connectivity index (χ4n) is 2.75. The smallest absolute Gasteiger partial charge is 0.334 e. The van der Waals surface area contributed by atoms with E-state index < -0.39 is 32.7 Å². The molecule has 0 heterocycles. The molecule has 2 aromatic rings. The minimum atomic E-state index is -0.805. The zero-order chi connectivity index (χ0) is 21.0. The van der Waals surface area contributed by atoms with E-state index >= 15 is 0 Å². The van der Waals surface area contributed by atoms with Crippen molar-refractivity contribution in [3.8, 4) is 17.2 Å². The van der Waals surface area contributed by atoms with Crippen molar-refractivity contribution >= 4 is 23.1 Å². The Hall–Kier alpha value is -2.87. The molecule has 1 N–H and O–H groups in total. The number of nitro groups is 1. The number of hydrogen-bond acceptors (Lipinski definition) is 6. The summed E-state index contributed by atoms with van der Waals surface area (Å²) in [4.78, 5) is 22.4. The van der Waals surface area contributed by atoms with Crippen molar-refractivity contribution in [1.82, 2.24) is 0 Å². The van der Waals surface area contributed by atoms with Crippen molar-refractivity contribution in [2.75, 3.05) is 13.7 Å². The van der Waals surface area contributed by atoms with Crippen LogP contribution < -0.4 is 9.47 Å². The minimum absolute atomic E-state index is 0.0108. The number of rotatable bonds is 8.